The lowest BCUT2D eigenvalue weighted by molar-refractivity contribution is 0.242. The van der Waals surface area contributed by atoms with Crippen molar-refractivity contribution in [1.82, 2.24) is 9.97 Å². The van der Waals surface area contributed by atoms with Crippen molar-refractivity contribution in [3.63, 3.8) is 0 Å². The molecule has 0 aliphatic carbocycles. The summed E-state index contributed by atoms with van der Waals surface area (Å²) >= 11 is 0. The minimum Gasteiger partial charge on any atom is -0.491 e. The standard InChI is InChI=1S/C18H26N4O/c1-5-6-11-19-17-12-18(21-14(4)20-17)22-15-7-9-16(10-8-15)23-13(2)3/h7-10,12-13H,5-6,11H2,1-4H3,(H2,19,20,21,22). The van der Waals surface area contributed by atoms with Crippen molar-refractivity contribution in [3.05, 3.63) is 36.2 Å². The minimum atomic E-state index is 0.176. The van der Waals surface area contributed by atoms with Gasteiger partial charge in [-0.25, -0.2) is 9.97 Å². The molecule has 0 unspecified atom stereocenters. The Hall–Kier alpha value is -2.30. The molecule has 0 saturated carbocycles. The lowest BCUT2D eigenvalue weighted by atomic mass is 10.3. The third kappa shape index (κ3) is 5.77. The van der Waals surface area contributed by atoms with E-state index >= 15 is 0 Å². The first-order valence-corrected chi connectivity index (χ1v) is 8.20. The number of ether oxygens (including phenoxy) is 1. The molecule has 1 heterocycles. The van der Waals surface area contributed by atoms with Crippen LogP contribution in [-0.4, -0.2) is 22.6 Å². The number of aryl methyl sites for hydroxylation is 1. The number of anilines is 3. The molecule has 5 heteroatoms. The van der Waals surface area contributed by atoms with Crippen LogP contribution >= 0.6 is 0 Å². The zero-order chi connectivity index (χ0) is 16.7. The van der Waals surface area contributed by atoms with Gasteiger partial charge in [-0.3, -0.25) is 0 Å². The molecular formula is C18H26N4O. The molecule has 0 spiro atoms. The first-order chi connectivity index (χ1) is 11.1. The van der Waals surface area contributed by atoms with Crippen LogP contribution in [0.2, 0.25) is 0 Å². The Labute approximate surface area is 138 Å². The Kier molecular flexibility index (Phi) is 6.20. The quantitative estimate of drug-likeness (QED) is 0.701. The van der Waals surface area contributed by atoms with Gasteiger partial charge in [0, 0.05) is 18.3 Å². The summed E-state index contributed by atoms with van der Waals surface area (Å²) in [5.41, 5.74) is 0.971. The fourth-order valence-electron chi connectivity index (χ4n) is 2.15. The summed E-state index contributed by atoms with van der Waals surface area (Å²) in [6.45, 7) is 9.03. The average Bonchev–Trinajstić information content (AvgIpc) is 2.48. The third-order valence-electron chi connectivity index (χ3n) is 3.17. The van der Waals surface area contributed by atoms with Gasteiger partial charge in [0.15, 0.2) is 0 Å². The van der Waals surface area contributed by atoms with Gasteiger partial charge in [-0.05, 0) is 51.5 Å². The maximum Gasteiger partial charge on any atom is 0.136 e. The van der Waals surface area contributed by atoms with Crippen molar-refractivity contribution >= 4 is 17.3 Å². The van der Waals surface area contributed by atoms with Gasteiger partial charge in [0.2, 0.25) is 0 Å². The fourth-order valence-corrected chi connectivity index (χ4v) is 2.15. The highest BCUT2D eigenvalue weighted by Gasteiger charge is 2.03. The van der Waals surface area contributed by atoms with Crippen molar-refractivity contribution in [3.8, 4) is 5.75 Å². The van der Waals surface area contributed by atoms with Gasteiger partial charge in [0.1, 0.15) is 23.2 Å². The van der Waals surface area contributed by atoms with Crippen LogP contribution in [0.4, 0.5) is 17.3 Å². The second kappa shape index (κ2) is 8.36. The fraction of sp³-hybridized carbons (Fsp3) is 0.444. The molecule has 1 aromatic heterocycles. The summed E-state index contributed by atoms with van der Waals surface area (Å²) in [6, 6.07) is 9.81. The van der Waals surface area contributed by atoms with Crippen molar-refractivity contribution in [1.29, 1.82) is 0 Å². The van der Waals surface area contributed by atoms with Gasteiger partial charge in [-0.1, -0.05) is 13.3 Å². The number of nitrogens with one attached hydrogen (secondary N) is 2. The molecule has 1 aromatic carbocycles. The van der Waals surface area contributed by atoms with E-state index < -0.39 is 0 Å². The van der Waals surface area contributed by atoms with Gasteiger partial charge >= 0.3 is 0 Å². The maximum absolute atomic E-state index is 5.65. The lowest BCUT2D eigenvalue weighted by Gasteiger charge is -2.12. The van der Waals surface area contributed by atoms with Crippen molar-refractivity contribution in [2.24, 2.45) is 0 Å². The highest BCUT2D eigenvalue weighted by molar-refractivity contribution is 5.60. The molecule has 2 N–H and O–H groups in total. The van der Waals surface area contributed by atoms with Crippen molar-refractivity contribution in [2.45, 2.75) is 46.6 Å². The van der Waals surface area contributed by atoms with Crippen LogP contribution < -0.4 is 15.4 Å². The monoisotopic (exact) mass is 314 g/mol. The highest BCUT2D eigenvalue weighted by atomic mass is 16.5. The van der Waals surface area contributed by atoms with Gasteiger partial charge in [0.25, 0.3) is 0 Å². The van der Waals surface area contributed by atoms with Gasteiger partial charge in [0.05, 0.1) is 6.10 Å². The predicted molar refractivity (Wildman–Crippen MR) is 95.7 cm³/mol. The first-order valence-electron chi connectivity index (χ1n) is 8.20. The van der Waals surface area contributed by atoms with E-state index in [4.69, 9.17) is 4.74 Å². The number of aromatic nitrogens is 2. The van der Waals surface area contributed by atoms with Crippen LogP contribution in [0.1, 0.15) is 39.4 Å². The van der Waals surface area contributed by atoms with Crippen molar-refractivity contribution in [2.75, 3.05) is 17.2 Å². The lowest BCUT2D eigenvalue weighted by Crippen LogP contribution is -2.06. The summed E-state index contributed by atoms with van der Waals surface area (Å²) in [6.07, 6.45) is 2.46. The van der Waals surface area contributed by atoms with Gasteiger partial charge < -0.3 is 15.4 Å². The smallest absolute Gasteiger partial charge is 0.136 e. The number of hydrogen-bond acceptors (Lipinski definition) is 5. The van der Waals surface area contributed by atoms with Crippen LogP contribution in [0.25, 0.3) is 0 Å². The van der Waals surface area contributed by atoms with Crippen LogP contribution in [0.3, 0.4) is 0 Å². The van der Waals surface area contributed by atoms with Crippen LogP contribution in [0.15, 0.2) is 30.3 Å². The van der Waals surface area contributed by atoms with Gasteiger partial charge in [-0.2, -0.15) is 0 Å². The molecule has 124 valence electrons. The summed E-state index contributed by atoms with van der Waals surface area (Å²) in [5, 5.41) is 6.64. The van der Waals surface area contributed by atoms with E-state index in [9.17, 15) is 0 Å². The highest BCUT2D eigenvalue weighted by Crippen LogP contribution is 2.21. The zero-order valence-electron chi connectivity index (χ0n) is 14.4. The number of benzene rings is 1. The van der Waals surface area contributed by atoms with Crippen LogP contribution in [-0.2, 0) is 0 Å². The Morgan fingerprint density at radius 3 is 2.43 bits per heavy atom. The Bertz CT molecular complexity index is 611. The van der Waals surface area contributed by atoms with E-state index in [2.05, 4.69) is 27.5 Å². The SMILES string of the molecule is CCCCNc1cc(Nc2ccc(OC(C)C)cc2)nc(C)n1. The second-order valence-corrected chi connectivity index (χ2v) is 5.78. The van der Waals surface area contributed by atoms with E-state index in [1.165, 1.54) is 0 Å². The number of hydrogen-bond donors (Lipinski definition) is 2. The molecule has 2 rings (SSSR count). The van der Waals surface area contributed by atoms with Gasteiger partial charge in [-0.15, -0.1) is 0 Å². The molecule has 2 aromatic rings. The molecule has 0 aliphatic rings. The molecular weight excluding hydrogens is 288 g/mol. The van der Waals surface area contributed by atoms with E-state index in [-0.39, 0.29) is 6.10 Å². The Morgan fingerprint density at radius 1 is 1.09 bits per heavy atom. The number of rotatable bonds is 8. The molecule has 23 heavy (non-hydrogen) atoms. The molecule has 0 saturated heterocycles. The summed E-state index contributed by atoms with van der Waals surface area (Å²) < 4.78 is 5.65. The molecule has 0 amide bonds. The third-order valence-corrected chi connectivity index (χ3v) is 3.17. The zero-order valence-corrected chi connectivity index (χ0v) is 14.4. The minimum absolute atomic E-state index is 0.176. The largest absolute Gasteiger partial charge is 0.491 e. The van der Waals surface area contributed by atoms with Crippen molar-refractivity contribution < 1.29 is 4.74 Å². The van der Waals surface area contributed by atoms with Crippen LogP contribution in [0, 0.1) is 6.92 Å². The number of unbranched alkanes of at least 4 members (excludes halogenated alkanes) is 1. The summed E-state index contributed by atoms with van der Waals surface area (Å²) in [5.74, 6) is 3.25. The molecule has 0 fully saturated rings. The number of nitrogens with zero attached hydrogens (tertiary/aromatic N) is 2. The second-order valence-electron chi connectivity index (χ2n) is 5.78. The Balaban J connectivity index is 2.04. The average molecular weight is 314 g/mol. The molecule has 0 bridgehead atoms. The topological polar surface area (TPSA) is 59.1 Å². The molecule has 0 atom stereocenters. The first kappa shape index (κ1) is 17.1. The summed E-state index contributed by atoms with van der Waals surface area (Å²) in [4.78, 5) is 8.85. The van der Waals surface area contributed by atoms with E-state index in [0.717, 1.165) is 48.3 Å². The van der Waals surface area contributed by atoms with E-state index in [1.54, 1.807) is 0 Å². The maximum atomic E-state index is 5.65. The van der Waals surface area contributed by atoms with E-state index in [1.807, 2.05) is 51.1 Å². The molecule has 5 nitrogen and oxygen atoms in total. The van der Waals surface area contributed by atoms with Crippen LogP contribution in [0.5, 0.6) is 5.75 Å². The molecule has 0 aliphatic heterocycles. The summed E-state index contributed by atoms with van der Waals surface area (Å²) in [7, 11) is 0. The van der Waals surface area contributed by atoms with E-state index in [0.29, 0.717) is 0 Å². The molecule has 0 radical (unpaired) electrons. The Morgan fingerprint density at radius 2 is 1.78 bits per heavy atom. The predicted octanol–water partition coefficient (Wildman–Crippen LogP) is 4.53. The normalized spacial score (nSPS) is 10.7.